The van der Waals surface area contributed by atoms with Crippen LogP contribution in [0.3, 0.4) is 0 Å². The molecular formula is C17H20N4O4. The predicted molar refractivity (Wildman–Crippen MR) is 88.8 cm³/mol. The van der Waals surface area contributed by atoms with E-state index in [4.69, 9.17) is 9.63 Å². The van der Waals surface area contributed by atoms with Crippen molar-refractivity contribution in [3.63, 3.8) is 0 Å². The molecule has 8 nitrogen and oxygen atoms in total. The van der Waals surface area contributed by atoms with Crippen LogP contribution in [0, 0.1) is 0 Å². The number of piperazine rings is 1. The monoisotopic (exact) mass is 344 g/mol. The van der Waals surface area contributed by atoms with Crippen LogP contribution in [-0.2, 0) is 11.3 Å². The van der Waals surface area contributed by atoms with Crippen LogP contribution >= 0.6 is 0 Å². The second kappa shape index (κ2) is 7.02. The minimum absolute atomic E-state index is 0.109. The number of aromatic nitrogens is 2. The van der Waals surface area contributed by atoms with Crippen molar-refractivity contribution in [2.24, 2.45) is 0 Å². The summed E-state index contributed by atoms with van der Waals surface area (Å²) < 4.78 is 5.29. The first-order valence-corrected chi connectivity index (χ1v) is 8.18. The molecule has 2 heterocycles. The standard InChI is InChI=1S/C17H20N4O4/c1-3-20-8-9-21(11(2)16(20)22)10-14-18-15(19-25-14)12-4-6-13(7-5-12)17(23)24/h4-7,11H,3,8-10H2,1-2H3,(H,23,24)/t11-/m1/s1. The van der Waals surface area contributed by atoms with Crippen LogP contribution in [0.1, 0.15) is 30.1 Å². The smallest absolute Gasteiger partial charge is 0.335 e. The summed E-state index contributed by atoms with van der Waals surface area (Å²) in [6.45, 7) is 6.42. The van der Waals surface area contributed by atoms with Gasteiger partial charge in [-0.1, -0.05) is 17.3 Å². The molecule has 1 aliphatic rings. The molecule has 132 valence electrons. The molecule has 1 amide bonds. The summed E-state index contributed by atoms with van der Waals surface area (Å²) in [7, 11) is 0. The molecule has 1 N–H and O–H groups in total. The van der Waals surface area contributed by atoms with Crippen molar-refractivity contribution in [2.75, 3.05) is 19.6 Å². The van der Waals surface area contributed by atoms with Crippen molar-refractivity contribution in [3.8, 4) is 11.4 Å². The molecule has 1 aromatic carbocycles. The lowest BCUT2D eigenvalue weighted by Crippen LogP contribution is -2.55. The molecule has 0 radical (unpaired) electrons. The second-order valence-electron chi connectivity index (χ2n) is 5.96. The third-order valence-corrected chi connectivity index (χ3v) is 4.45. The van der Waals surface area contributed by atoms with E-state index in [0.717, 1.165) is 6.54 Å². The minimum atomic E-state index is -0.981. The Labute approximate surface area is 145 Å². The van der Waals surface area contributed by atoms with Crippen molar-refractivity contribution in [3.05, 3.63) is 35.7 Å². The van der Waals surface area contributed by atoms with Gasteiger partial charge < -0.3 is 14.5 Å². The average Bonchev–Trinajstić information content (AvgIpc) is 3.08. The van der Waals surface area contributed by atoms with Crippen molar-refractivity contribution in [2.45, 2.75) is 26.4 Å². The molecule has 25 heavy (non-hydrogen) atoms. The van der Waals surface area contributed by atoms with Crippen LogP contribution in [0.25, 0.3) is 11.4 Å². The number of hydrogen-bond acceptors (Lipinski definition) is 6. The van der Waals surface area contributed by atoms with E-state index in [1.165, 1.54) is 12.1 Å². The number of benzene rings is 1. The molecule has 1 aromatic heterocycles. The van der Waals surface area contributed by atoms with Gasteiger partial charge in [0.05, 0.1) is 18.2 Å². The van der Waals surface area contributed by atoms with E-state index in [9.17, 15) is 9.59 Å². The minimum Gasteiger partial charge on any atom is -0.478 e. The van der Waals surface area contributed by atoms with Gasteiger partial charge in [0, 0.05) is 25.2 Å². The Morgan fingerprint density at radius 2 is 2.04 bits per heavy atom. The van der Waals surface area contributed by atoms with E-state index < -0.39 is 5.97 Å². The van der Waals surface area contributed by atoms with Crippen LogP contribution in [0.5, 0.6) is 0 Å². The third kappa shape index (κ3) is 3.53. The Kier molecular flexibility index (Phi) is 4.80. The summed E-state index contributed by atoms with van der Waals surface area (Å²) >= 11 is 0. The number of nitrogens with zero attached hydrogens (tertiary/aromatic N) is 4. The van der Waals surface area contributed by atoms with Crippen LogP contribution in [0.2, 0.25) is 0 Å². The molecule has 1 atom stereocenters. The van der Waals surface area contributed by atoms with Gasteiger partial charge in [-0.05, 0) is 26.0 Å². The van der Waals surface area contributed by atoms with Crippen LogP contribution in [0.4, 0.5) is 0 Å². The maximum Gasteiger partial charge on any atom is 0.335 e. The van der Waals surface area contributed by atoms with E-state index in [0.29, 0.717) is 36.9 Å². The summed E-state index contributed by atoms with van der Waals surface area (Å²) in [4.78, 5) is 31.3. The van der Waals surface area contributed by atoms with Gasteiger partial charge in [-0.25, -0.2) is 4.79 Å². The lowest BCUT2D eigenvalue weighted by Gasteiger charge is -2.37. The predicted octanol–water partition coefficient (Wildman–Crippen LogP) is 1.49. The fraction of sp³-hybridized carbons (Fsp3) is 0.412. The van der Waals surface area contributed by atoms with Gasteiger partial charge in [0.2, 0.25) is 17.6 Å². The van der Waals surface area contributed by atoms with Gasteiger partial charge in [-0.3, -0.25) is 9.69 Å². The first kappa shape index (κ1) is 17.1. The van der Waals surface area contributed by atoms with Gasteiger partial charge in [0.25, 0.3) is 0 Å². The number of carboxylic acids is 1. The second-order valence-corrected chi connectivity index (χ2v) is 5.96. The topological polar surface area (TPSA) is 99.8 Å². The molecule has 2 aromatic rings. The maximum absolute atomic E-state index is 12.2. The van der Waals surface area contributed by atoms with Crippen LogP contribution in [0.15, 0.2) is 28.8 Å². The Hall–Kier alpha value is -2.74. The lowest BCUT2D eigenvalue weighted by molar-refractivity contribution is -0.141. The largest absolute Gasteiger partial charge is 0.478 e. The van der Waals surface area contributed by atoms with E-state index in [2.05, 4.69) is 10.1 Å². The van der Waals surface area contributed by atoms with Gasteiger partial charge in [-0.2, -0.15) is 4.98 Å². The molecule has 1 aliphatic heterocycles. The summed E-state index contributed by atoms with van der Waals surface area (Å²) in [5.41, 5.74) is 0.883. The zero-order valence-corrected chi connectivity index (χ0v) is 14.2. The molecule has 0 spiro atoms. The number of likely N-dealkylation sites (N-methyl/N-ethyl adjacent to an activating group) is 1. The van der Waals surface area contributed by atoms with Crippen LogP contribution < -0.4 is 0 Å². The molecule has 0 bridgehead atoms. The molecule has 1 saturated heterocycles. The Morgan fingerprint density at radius 1 is 1.32 bits per heavy atom. The zero-order valence-electron chi connectivity index (χ0n) is 14.2. The van der Waals surface area contributed by atoms with Crippen LogP contribution in [-0.4, -0.2) is 62.6 Å². The first-order valence-electron chi connectivity index (χ1n) is 8.18. The van der Waals surface area contributed by atoms with E-state index in [1.807, 2.05) is 23.6 Å². The highest BCUT2D eigenvalue weighted by Crippen LogP contribution is 2.19. The molecule has 8 heteroatoms. The Balaban J connectivity index is 1.69. The fourth-order valence-corrected chi connectivity index (χ4v) is 2.88. The van der Waals surface area contributed by atoms with Crippen molar-refractivity contribution in [1.82, 2.24) is 19.9 Å². The molecule has 0 saturated carbocycles. The first-order chi connectivity index (χ1) is 12.0. The highest BCUT2D eigenvalue weighted by molar-refractivity contribution is 5.88. The number of aromatic carboxylic acids is 1. The summed E-state index contributed by atoms with van der Waals surface area (Å²) in [6, 6.07) is 6.06. The number of hydrogen-bond donors (Lipinski definition) is 1. The zero-order chi connectivity index (χ0) is 18.0. The van der Waals surface area contributed by atoms with Crippen molar-refractivity contribution >= 4 is 11.9 Å². The molecule has 3 rings (SSSR count). The lowest BCUT2D eigenvalue weighted by atomic mass is 10.1. The Bertz CT molecular complexity index is 771. The van der Waals surface area contributed by atoms with Gasteiger partial charge in [0.1, 0.15) is 0 Å². The number of carbonyl (C=O) groups is 2. The van der Waals surface area contributed by atoms with Gasteiger partial charge in [0.15, 0.2) is 0 Å². The summed E-state index contributed by atoms with van der Waals surface area (Å²) in [5.74, 6) is -0.0389. The molecule has 0 aliphatic carbocycles. The van der Waals surface area contributed by atoms with E-state index in [-0.39, 0.29) is 17.5 Å². The number of amides is 1. The number of rotatable bonds is 5. The third-order valence-electron chi connectivity index (χ3n) is 4.45. The normalized spacial score (nSPS) is 18.6. The number of carbonyl (C=O) groups excluding carboxylic acids is 1. The van der Waals surface area contributed by atoms with Gasteiger partial charge >= 0.3 is 5.97 Å². The molecule has 1 fully saturated rings. The quantitative estimate of drug-likeness (QED) is 0.877. The Morgan fingerprint density at radius 3 is 2.68 bits per heavy atom. The van der Waals surface area contributed by atoms with E-state index >= 15 is 0 Å². The van der Waals surface area contributed by atoms with E-state index in [1.54, 1.807) is 12.1 Å². The molecule has 0 unspecified atom stereocenters. The molecular weight excluding hydrogens is 324 g/mol. The summed E-state index contributed by atoms with van der Waals surface area (Å²) in [6.07, 6.45) is 0. The SMILES string of the molecule is CCN1CCN(Cc2nc(-c3ccc(C(=O)O)cc3)no2)[C@H](C)C1=O. The van der Waals surface area contributed by atoms with Crippen molar-refractivity contribution in [1.29, 1.82) is 0 Å². The fourth-order valence-electron chi connectivity index (χ4n) is 2.88. The average molecular weight is 344 g/mol. The maximum atomic E-state index is 12.2. The van der Waals surface area contributed by atoms with Gasteiger partial charge in [-0.15, -0.1) is 0 Å². The highest BCUT2D eigenvalue weighted by Gasteiger charge is 2.31. The highest BCUT2D eigenvalue weighted by atomic mass is 16.5. The summed E-state index contributed by atoms with van der Waals surface area (Å²) in [5, 5.41) is 12.9. The number of carboxylic acid groups (broad SMARTS) is 1. The van der Waals surface area contributed by atoms with Crippen molar-refractivity contribution < 1.29 is 19.2 Å².